The minimum Gasteiger partial charge on any atom is -0.391 e. The SMILES string of the molecule is N[C@@H]1[C@H](O)[C@H](O)CC[C@H]1O. The van der Waals surface area contributed by atoms with E-state index in [2.05, 4.69) is 0 Å². The van der Waals surface area contributed by atoms with Crippen molar-refractivity contribution in [3.8, 4) is 0 Å². The van der Waals surface area contributed by atoms with Gasteiger partial charge in [0, 0.05) is 0 Å². The summed E-state index contributed by atoms with van der Waals surface area (Å²) in [4.78, 5) is 0. The van der Waals surface area contributed by atoms with Gasteiger partial charge in [-0.2, -0.15) is 0 Å². The van der Waals surface area contributed by atoms with Gasteiger partial charge in [0.2, 0.25) is 0 Å². The van der Waals surface area contributed by atoms with Crippen molar-refractivity contribution in [2.75, 3.05) is 0 Å². The van der Waals surface area contributed by atoms with E-state index < -0.39 is 24.4 Å². The van der Waals surface area contributed by atoms with Crippen LogP contribution in [-0.4, -0.2) is 39.7 Å². The summed E-state index contributed by atoms with van der Waals surface area (Å²) in [5, 5.41) is 27.2. The van der Waals surface area contributed by atoms with E-state index in [9.17, 15) is 0 Å². The highest BCUT2D eigenvalue weighted by Gasteiger charge is 2.33. The van der Waals surface area contributed by atoms with Gasteiger partial charge in [-0.1, -0.05) is 0 Å². The molecule has 1 rings (SSSR count). The van der Waals surface area contributed by atoms with Crippen molar-refractivity contribution in [2.45, 2.75) is 37.2 Å². The van der Waals surface area contributed by atoms with Crippen LogP contribution < -0.4 is 5.73 Å². The Bertz CT molecular complexity index is 106. The highest BCUT2D eigenvalue weighted by atomic mass is 16.3. The van der Waals surface area contributed by atoms with E-state index >= 15 is 0 Å². The molecule has 5 N–H and O–H groups in total. The maximum atomic E-state index is 9.08. The second-order valence-corrected chi connectivity index (χ2v) is 2.78. The molecular formula is C6H13NO3. The zero-order valence-electron chi connectivity index (χ0n) is 5.64. The van der Waals surface area contributed by atoms with Crippen LogP contribution in [0.4, 0.5) is 0 Å². The number of aliphatic hydroxyl groups is 3. The topological polar surface area (TPSA) is 86.7 Å². The fourth-order valence-electron chi connectivity index (χ4n) is 1.19. The third-order valence-corrected chi connectivity index (χ3v) is 1.99. The standard InChI is InChI=1S/C6H13NO3/c7-5-3(8)1-2-4(9)6(5)10/h3-6,8-10H,1-2,7H2/t3-,4-,5+,6-/m1/s1. The molecule has 1 fully saturated rings. The van der Waals surface area contributed by atoms with Gasteiger partial charge in [0.05, 0.1) is 24.4 Å². The first-order valence-electron chi connectivity index (χ1n) is 3.42. The molecule has 4 atom stereocenters. The van der Waals surface area contributed by atoms with Crippen LogP contribution in [0.15, 0.2) is 0 Å². The van der Waals surface area contributed by atoms with E-state index in [1.54, 1.807) is 0 Å². The van der Waals surface area contributed by atoms with Crippen molar-refractivity contribution in [1.29, 1.82) is 0 Å². The molecule has 0 spiro atoms. The van der Waals surface area contributed by atoms with Crippen molar-refractivity contribution in [2.24, 2.45) is 5.73 Å². The monoisotopic (exact) mass is 147 g/mol. The Labute approximate surface area is 59.3 Å². The summed E-state index contributed by atoms with van der Waals surface area (Å²) in [6.07, 6.45) is -1.50. The van der Waals surface area contributed by atoms with Crippen molar-refractivity contribution >= 4 is 0 Å². The number of aliphatic hydroxyl groups excluding tert-OH is 3. The van der Waals surface area contributed by atoms with Gasteiger partial charge in [0.15, 0.2) is 0 Å². The molecule has 10 heavy (non-hydrogen) atoms. The fraction of sp³-hybridized carbons (Fsp3) is 1.00. The summed E-state index contributed by atoms with van der Waals surface area (Å²) in [7, 11) is 0. The number of rotatable bonds is 0. The van der Waals surface area contributed by atoms with Gasteiger partial charge in [0.25, 0.3) is 0 Å². The highest BCUT2D eigenvalue weighted by molar-refractivity contribution is 4.89. The van der Waals surface area contributed by atoms with E-state index in [1.165, 1.54) is 0 Å². The summed E-state index contributed by atoms with van der Waals surface area (Å²) in [6.45, 7) is 0. The van der Waals surface area contributed by atoms with E-state index in [0.717, 1.165) is 0 Å². The second-order valence-electron chi connectivity index (χ2n) is 2.78. The normalized spacial score (nSPS) is 49.2. The smallest absolute Gasteiger partial charge is 0.0974 e. The van der Waals surface area contributed by atoms with Crippen LogP contribution in [0.2, 0.25) is 0 Å². The van der Waals surface area contributed by atoms with Gasteiger partial charge in [-0.3, -0.25) is 0 Å². The number of hydrogen-bond donors (Lipinski definition) is 4. The fourth-order valence-corrected chi connectivity index (χ4v) is 1.19. The molecule has 1 saturated carbocycles. The Balaban J connectivity index is 2.52. The van der Waals surface area contributed by atoms with Crippen LogP contribution in [0, 0.1) is 0 Å². The van der Waals surface area contributed by atoms with Gasteiger partial charge in [0.1, 0.15) is 0 Å². The molecule has 1 aliphatic carbocycles. The van der Waals surface area contributed by atoms with Gasteiger partial charge in [-0.15, -0.1) is 0 Å². The first kappa shape index (κ1) is 7.94. The molecule has 0 saturated heterocycles. The molecule has 0 aromatic heterocycles. The Hall–Kier alpha value is -0.160. The average molecular weight is 147 g/mol. The largest absolute Gasteiger partial charge is 0.391 e. The van der Waals surface area contributed by atoms with Crippen LogP contribution in [0.3, 0.4) is 0 Å². The van der Waals surface area contributed by atoms with E-state index in [0.29, 0.717) is 12.8 Å². The van der Waals surface area contributed by atoms with E-state index in [-0.39, 0.29) is 0 Å². The van der Waals surface area contributed by atoms with E-state index in [1.807, 2.05) is 0 Å². The predicted octanol–water partition coefficient (Wildman–Crippen LogP) is -1.81. The molecule has 4 nitrogen and oxygen atoms in total. The number of hydrogen-bond acceptors (Lipinski definition) is 4. The minimum atomic E-state index is -0.969. The third-order valence-electron chi connectivity index (χ3n) is 1.99. The molecule has 1 aliphatic rings. The Morgan fingerprint density at radius 3 is 2.00 bits per heavy atom. The third kappa shape index (κ3) is 1.29. The first-order valence-corrected chi connectivity index (χ1v) is 3.42. The molecule has 0 aliphatic heterocycles. The lowest BCUT2D eigenvalue weighted by Crippen LogP contribution is -2.54. The molecule has 4 heteroatoms. The summed E-state index contributed by atoms with van der Waals surface area (Å²) >= 11 is 0. The van der Waals surface area contributed by atoms with Crippen LogP contribution in [0.5, 0.6) is 0 Å². The van der Waals surface area contributed by atoms with Crippen molar-refractivity contribution in [3.05, 3.63) is 0 Å². The maximum absolute atomic E-state index is 9.08. The average Bonchev–Trinajstić information content (AvgIpc) is 1.93. The van der Waals surface area contributed by atoms with Gasteiger partial charge in [-0.05, 0) is 12.8 Å². The summed E-state index contributed by atoms with van der Waals surface area (Å²) < 4.78 is 0. The second kappa shape index (κ2) is 2.84. The quantitative estimate of drug-likeness (QED) is 0.325. The summed E-state index contributed by atoms with van der Waals surface area (Å²) in [5.41, 5.74) is 5.35. The van der Waals surface area contributed by atoms with Crippen LogP contribution in [0.1, 0.15) is 12.8 Å². The zero-order chi connectivity index (χ0) is 7.72. The van der Waals surface area contributed by atoms with Crippen LogP contribution >= 0.6 is 0 Å². The molecule has 0 heterocycles. The Morgan fingerprint density at radius 2 is 1.50 bits per heavy atom. The van der Waals surface area contributed by atoms with Crippen molar-refractivity contribution in [1.82, 2.24) is 0 Å². The first-order chi connectivity index (χ1) is 4.63. The molecule has 0 amide bonds. The molecule has 0 aromatic rings. The molecule has 0 unspecified atom stereocenters. The van der Waals surface area contributed by atoms with Gasteiger partial charge in [-0.25, -0.2) is 0 Å². The minimum absolute atomic E-state index is 0.427. The molecule has 60 valence electrons. The molecule has 0 radical (unpaired) electrons. The lowest BCUT2D eigenvalue weighted by molar-refractivity contribution is -0.0645. The van der Waals surface area contributed by atoms with Gasteiger partial charge < -0.3 is 21.1 Å². The predicted molar refractivity (Wildman–Crippen MR) is 35.2 cm³/mol. The maximum Gasteiger partial charge on any atom is 0.0974 e. The van der Waals surface area contributed by atoms with E-state index in [4.69, 9.17) is 21.1 Å². The Morgan fingerprint density at radius 1 is 1.00 bits per heavy atom. The Kier molecular flexibility index (Phi) is 2.25. The lowest BCUT2D eigenvalue weighted by Gasteiger charge is -2.32. The molecule has 0 bridgehead atoms. The van der Waals surface area contributed by atoms with Crippen molar-refractivity contribution < 1.29 is 15.3 Å². The van der Waals surface area contributed by atoms with Gasteiger partial charge >= 0.3 is 0 Å². The summed E-state index contributed by atoms with van der Waals surface area (Å²) in [5.74, 6) is 0. The number of nitrogens with two attached hydrogens (primary N) is 1. The van der Waals surface area contributed by atoms with Crippen LogP contribution in [-0.2, 0) is 0 Å². The molecular weight excluding hydrogens is 134 g/mol. The van der Waals surface area contributed by atoms with Crippen molar-refractivity contribution in [3.63, 3.8) is 0 Å². The summed E-state index contributed by atoms with van der Waals surface area (Å²) in [6, 6.07) is -0.691. The van der Waals surface area contributed by atoms with Crippen LogP contribution in [0.25, 0.3) is 0 Å². The highest BCUT2D eigenvalue weighted by Crippen LogP contribution is 2.17. The molecule has 0 aromatic carbocycles. The lowest BCUT2D eigenvalue weighted by atomic mass is 9.88. The zero-order valence-corrected chi connectivity index (χ0v) is 5.64.